The molecule has 1 aromatic carbocycles. The molecule has 1 fully saturated rings. The van der Waals surface area contributed by atoms with Crippen LogP contribution in [0.1, 0.15) is 30.1 Å². The average Bonchev–Trinajstić information content (AvgIpc) is 2.93. The molecule has 1 saturated heterocycles. The number of hydrogen-bond acceptors (Lipinski definition) is 3. The van der Waals surface area contributed by atoms with Gasteiger partial charge < -0.3 is 14.7 Å². The third kappa shape index (κ3) is 3.30. The van der Waals surface area contributed by atoms with E-state index in [0.717, 1.165) is 25.9 Å². The Morgan fingerprint density at radius 1 is 1.35 bits per heavy atom. The summed E-state index contributed by atoms with van der Waals surface area (Å²) in [6.07, 6.45) is 1.49. The van der Waals surface area contributed by atoms with Crippen LogP contribution in [0.4, 0.5) is 0 Å². The molecule has 108 valence electrons. The Morgan fingerprint density at radius 3 is 2.55 bits per heavy atom. The number of amides is 1. The molecule has 1 atom stereocenters. The van der Waals surface area contributed by atoms with Crippen molar-refractivity contribution in [1.82, 2.24) is 4.90 Å². The molecule has 5 nitrogen and oxygen atoms in total. The lowest BCUT2D eigenvalue weighted by molar-refractivity contribution is -0.136. The number of likely N-dealkylation sites (tertiary alicyclic amines) is 1. The van der Waals surface area contributed by atoms with Crippen LogP contribution in [-0.4, -0.2) is 41.1 Å². The molecule has 0 aliphatic carbocycles. The van der Waals surface area contributed by atoms with E-state index in [0.29, 0.717) is 10.2 Å². The van der Waals surface area contributed by atoms with E-state index in [1.807, 2.05) is 0 Å². The zero-order valence-electron chi connectivity index (χ0n) is 11.1. The van der Waals surface area contributed by atoms with Gasteiger partial charge in [0, 0.05) is 13.1 Å². The lowest BCUT2D eigenvalue weighted by Gasteiger charge is -2.21. The molecule has 2 rings (SSSR count). The maximum Gasteiger partial charge on any atom is 0.335 e. The summed E-state index contributed by atoms with van der Waals surface area (Å²) >= 11 is 3.26. The monoisotopic (exact) mass is 341 g/mol. The van der Waals surface area contributed by atoms with Crippen molar-refractivity contribution >= 4 is 27.8 Å². The summed E-state index contributed by atoms with van der Waals surface area (Å²) in [6.45, 7) is 3.27. The Bertz CT molecular complexity index is 526. The first-order valence-corrected chi connectivity index (χ1v) is 7.26. The average molecular weight is 342 g/mol. The van der Waals surface area contributed by atoms with E-state index in [4.69, 9.17) is 9.84 Å². The number of benzene rings is 1. The highest BCUT2D eigenvalue weighted by Gasteiger charge is 2.25. The maximum absolute atomic E-state index is 12.1. The van der Waals surface area contributed by atoms with Crippen molar-refractivity contribution in [2.45, 2.75) is 25.9 Å². The van der Waals surface area contributed by atoms with Crippen LogP contribution in [0, 0.1) is 0 Å². The first-order valence-electron chi connectivity index (χ1n) is 6.47. The fourth-order valence-electron chi connectivity index (χ4n) is 2.16. The number of halogens is 1. The van der Waals surface area contributed by atoms with E-state index in [2.05, 4.69) is 15.9 Å². The van der Waals surface area contributed by atoms with Gasteiger partial charge >= 0.3 is 5.97 Å². The van der Waals surface area contributed by atoms with Crippen LogP contribution in [0.25, 0.3) is 0 Å². The zero-order valence-corrected chi connectivity index (χ0v) is 12.7. The minimum Gasteiger partial charge on any atom is -0.480 e. The van der Waals surface area contributed by atoms with Gasteiger partial charge in [-0.1, -0.05) is 0 Å². The smallest absolute Gasteiger partial charge is 0.335 e. The SMILES string of the molecule is CC(Oc1ccc(C(=O)O)cc1Br)C(=O)N1CCCC1. The van der Waals surface area contributed by atoms with Gasteiger partial charge in [-0.05, 0) is 53.9 Å². The first kappa shape index (κ1) is 14.8. The van der Waals surface area contributed by atoms with Crippen molar-refractivity contribution in [3.8, 4) is 5.75 Å². The van der Waals surface area contributed by atoms with Gasteiger partial charge in [0.15, 0.2) is 6.10 Å². The van der Waals surface area contributed by atoms with Gasteiger partial charge in [0.1, 0.15) is 5.75 Å². The number of carbonyl (C=O) groups excluding carboxylic acids is 1. The van der Waals surface area contributed by atoms with Crippen LogP contribution >= 0.6 is 15.9 Å². The molecule has 0 aromatic heterocycles. The van der Waals surface area contributed by atoms with Gasteiger partial charge in [0.25, 0.3) is 5.91 Å². The molecule has 1 aliphatic heterocycles. The zero-order chi connectivity index (χ0) is 14.7. The summed E-state index contributed by atoms with van der Waals surface area (Å²) in [7, 11) is 0. The van der Waals surface area contributed by atoms with Gasteiger partial charge in [-0.2, -0.15) is 0 Å². The molecule has 0 saturated carbocycles. The molecule has 0 radical (unpaired) electrons. The Balaban J connectivity index is 2.05. The summed E-state index contributed by atoms with van der Waals surface area (Å²) in [5, 5.41) is 8.89. The van der Waals surface area contributed by atoms with Crippen molar-refractivity contribution < 1.29 is 19.4 Å². The van der Waals surface area contributed by atoms with Crippen LogP contribution in [0.5, 0.6) is 5.75 Å². The highest BCUT2D eigenvalue weighted by atomic mass is 79.9. The van der Waals surface area contributed by atoms with Gasteiger partial charge in [0.2, 0.25) is 0 Å². The lowest BCUT2D eigenvalue weighted by atomic mass is 10.2. The number of carboxylic acid groups (broad SMARTS) is 1. The molecule has 1 aliphatic rings. The highest BCUT2D eigenvalue weighted by molar-refractivity contribution is 9.10. The van der Waals surface area contributed by atoms with Gasteiger partial charge in [-0.3, -0.25) is 4.79 Å². The number of hydrogen-bond donors (Lipinski definition) is 1. The van der Waals surface area contributed by atoms with Crippen molar-refractivity contribution in [3.63, 3.8) is 0 Å². The quantitative estimate of drug-likeness (QED) is 0.913. The van der Waals surface area contributed by atoms with Gasteiger partial charge in [-0.25, -0.2) is 4.79 Å². The number of nitrogens with zero attached hydrogens (tertiary/aromatic N) is 1. The molecule has 0 bridgehead atoms. The summed E-state index contributed by atoms with van der Waals surface area (Å²) in [5.41, 5.74) is 0.169. The third-order valence-corrected chi connectivity index (χ3v) is 3.87. The van der Waals surface area contributed by atoms with Crippen molar-refractivity contribution in [1.29, 1.82) is 0 Å². The first-order chi connectivity index (χ1) is 9.49. The minimum absolute atomic E-state index is 0.0308. The van der Waals surface area contributed by atoms with Crippen LogP contribution < -0.4 is 4.74 Å². The van der Waals surface area contributed by atoms with Gasteiger partial charge in [-0.15, -0.1) is 0 Å². The van der Waals surface area contributed by atoms with Crippen molar-refractivity contribution in [3.05, 3.63) is 28.2 Å². The van der Waals surface area contributed by atoms with E-state index >= 15 is 0 Å². The number of aromatic carboxylic acids is 1. The molecule has 1 unspecified atom stereocenters. The summed E-state index contributed by atoms with van der Waals surface area (Å²) < 4.78 is 6.15. The van der Waals surface area contributed by atoms with E-state index < -0.39 is 12.1 Å². The minimum atomic E-state index is -1.00. The molecule has 0 spiro atoms. The van der Waals surface area contributed by atoms with Crippen molar-refractivity contribution in [2.24, 2.45) is 0 Å². The fourth-order valence-corrected chi connectivity index (χ4v) is 2.64. The van der Waals surface area contributed by atoms with E-state index in [-0.39, 0.29) is 11.5 Å². The molecule has 20 heavy (non-hydrogen) atoms. The highest BCUT2D eigenvalue weighted by Crippen LogP contribution is 2.27. The molecule has 1 N–H and O–H groups in total. The van der Waals surface area contributed by atoms with Crippen LogP contribution in [0.2, 0.25) is 0 Å². The number of carbonyl (C=O) groups is 2. The van der Waals surface area contributed by atoms with Crippen LogP contribution in [0.3, 0.4) is 0 Å². The molecular weight excluding hydrogens is 326 g/mol. The second kappa shape index (κ2) is 6.26. The largest absolute Gasteiger partial charge is 0.480 e. The predicted octanol–water partition coefficient (Wildman–Crippen LogP) is 2.54. The number of ether oxygens (including phenoxy) is 1. The van der Waals surface area contributed by atoms with E-state index in [9.17, 15) is 9.59 Å². The van der Waals surface area contributed by atoms with Crippen LogP contribution in [-0.2, 0) is 4.79 Å². The standard InChI is InChI=1S/C14H16BrNO4/c1-9(13(17)16-6-2-3-7-16)20-12-5-4-10(14(18)19)8-11(12)15/h4-5,8-9H,2-3,6-7H2,1H3,(H,18,19). The maximum atomic E-state index is 12.1. The van der Waals surface area contributed by atoms with E-state index in [1.54, 1.807) is 17.9 Å². The summed E-state index contributed by atoms with van der Waals surface area (Å²) in [5.74, 6) is -0.565. The Morgan fingerprint density at radius 2 is 2.00 bits per heavy atom. The Hall–Kier alpha value is -1.56. The molecule has 1 heterocycles. The second-order valence-corrected chi connectivity index (χ2v) is 5.60. The van der Waals surface area contributed by atoms with Crippen LogP contribution in [0.15, 0.2) is 22.7 Å². The summed E-state index contributed by atoms with van der Waals surface area (Å²) in [4.78, 5) is 24.8. The molecule has 1 amide bonds. The Kier molecular flexibility index (Phi) is 4.65. The second-order valence-electron chi connectivity index (χ2n) is 4.74. The fraction of sp³-hybridized carbons (Fsp3) is 0.429. The molecule has 6 heteroatoms. The topological polar surface area (TPSA) is 66.8 Å². The summed E-state index contributed by atoms with van der Waals surface area (Å²) in [6, 6.07) is 4.47. The van der Waals surface area contributed by atoms with E-state index in [1.165, 1.54) is 12.1 Å². The molecular formula is C14H16BrNO4. The normalized spacial score (nSPS) is 16.0. The number of rotatable bonds is 4. The third-order valence-electron chi connectivity index (χ3n) is 3.25. The number of carboxylic acids is 1. The van der Waals surface area contributed by atoms with Crippen molar-refractivity contribution in [2.75, 3.05) is 13.1 Å². The predicted molar refractivity (Wildman–Crippen MR) is 77.0 cm³/mol. The van der Waals surface area contributed by atoms with Gasteiger partial charge in [0.05, 0.1) is 10.0 Å². The molecule has 1 aromatic rings. The Labute approximate surface area is 125 Å². The lowest BCUT2D eigenvalue weighted by Crippen LogP contribution is -2.38.